The highest BCUT2D eigenvalue weighted by Gasteiger charge is 2.55. The van der Waals surface area contributed by atoms with Gasteiger partial charge in [-0.25, -0.2) is 9.59 Å². The van der Waals surface area contributed by atoms with Crippen LogP contribution in [0.5, 0.6) is 11.5 Å². The lowest BCUT2D eigenvalue weighted by atomic mass is 9.76. The summed E-state index contributed by atoms with van der Waals surface area (Å²) in [6, 6.07) is 18.5. The molecule has 3 aromatic carbocycles. The van der Waals surface area contributed by atoms with E-state index in [1.165, 1.54) is 0 Å². The van der Waals surface area contributed by atoms with E-state index in [4.69, 9.17) is 14.2 Å². The SMILES string of the molecule is CCOC(=O)c1ccc2c(c1N(CC)CC)C1(OC(=O)c3ccccc31)c1ccccc1O2. The van der Waals surface area contributed by atoms with Crippen molar-refractivity contribution in [2.75, 3.05) is 24.6 Å². The number of carbonyl (C=O) groups excluding carboxylic acids is 2. The van der Waals surface area contributed by atoms with E-state index in [2.05, 4.69) is 4.90 Å². The molecule has 0 aromatic heterocycles. The van der Waals surface area contributed by atoms with E-state index in [1.807, 2.05) is 56.3 Å². The maximum atomic E-state index is 13.1. The average Bonchev–Trinajstić information content (AvgIpc) is 3.13. The van der Waals surface area contributed by atoms with Gasteiger partial charge in [0.25, 0.3) is 0 Å². The van der Waals surface area contributed by atoms with E-state index in [9.17, 15) is 9.59 Å². The van der Waals surface area contributed by atoms with Gasteiger partial charge in [-0.05, 0) is 45.0 Å². The minimum Gasteiger partial charge on any atom is -0.462 e. The largest absolute Gasteiger partial charge is 0.462 e. The van der Waals surface area contributed by atoms with Crippen molar-refractivity contribution in [3.8, 4) is 11.5 Å². The van der Waals surface area contributed by atoms with Gasteiger partial charge in [0.1, 0.15) is 11.5 Å². The molecule has 2 aliphatic heterocycles. The zero-order valence-corrected chi connectivity index (χ0v) is 18.9. The molecule has 0 saturated carbocycles. The van der Waals surface area contributed by atoms with Gasteiger partial charge in [-0.3, -0.25) is 0 Å². The smallest absolute Gasteiger partial charge is 0.340 e. The molecule has 1 spiro atoms. The van der Waals surface area contributed by atoms with Crippen LogP contribution >= 0.6 is 0 Å². The van der Waals surface area contributed by atoms with E-state index < -0.39 is 17.5 Å². The second kappa shape index (κ2) is 7.96. The Labute approximate surface area is 192 Å². The first kappa shape index (κ1) is 21.1. The molecule has 0 saturated heterocycles. The second-order valence-electron chi connectivity index (χ2n) is 7.94. The van der Waals surface area contributed by atoms with Gasteiger partial charge in [0.05, 0.1) is 29.0 Å². The van der Waals surface area contributed by atoms with Gasteiger partial charge in [-0.2, -0.15) is 0 Å². The van der Waals surface area contributed by atoms with E-state index in [0.29, 0.717) is 47.0 Å². The van der Waals surface area contributed by atoms with Crippen LogP contribution < -0.4 is 9.64 Å². The first-order chi connectivity index (χ1) is 16.1. The summed E-state index contributed by atoms with van der Waals surface area (Å²) in [5.41, 5.74) is 2.46. The molecule has 0 radical (unpaired) electrons. The number of hydrogen-bond acceptors (Lipinski definition) is 6. The Bertz CT molecular complexity index is 1260. The molecule has 0 fully saturated rings. The lowest BCUT2D eigenvalue weighted by Gasteiger charge is -2.40. The number of fused-ring (bicyclic) bond motifs is 6. The summed E-state index contributed by atoms with van der Waals surface area (Å²) < 4.78 is 18.0. The van der Waals surface area contributed by atoms with Crippen LogP contribution in [0.2, 0.25) is 0 Å². The standard InChI is InChI=1S/C27H25NO5/c1-4-28(5-2)24-18(25(29)31-6-3)15-16-22-23(24)27(20-13-9-10-14-21(20)32-22)19-12-8-7-11-17(19)26(30)33-27/h7-16H,4-6H2,1-3H3. The minimum atomic E-state index is -1.24. The van der Waals surface area contributed by atoms with Gasteiger partial charge in [0, 0.05) is 24.2 Å². The van der Waals surface area contributed by atoms with Gasteiger partial charge in [-0.15, -0.1) is 0 Å². The molecular formula is C27H25NO5. The number of nitrogens with zero attached hydrogens (tertiary/aromatic N) is 1. The molecule has 6 nitrogen and oxygen atoms in total. The first-order valence-electron chi connectivity index (χ1n) is 11.3. The van der Waals surface area contributed by atoms with Crippen molar-refractivity contribution >= 4 is 17.6 Å². The van der Waals surface area contributed by atoms with Gasteiger partial charge < -0.3 is 19.1 Å². The Morgan fingerprint density at radius 3 is 2.33 bits per heavy atom. The molecule has 0 amide bonds. The van der Waals surface area contributed by atoms with Crippen LogP contribution in [0.3, 0.4) is 0 Å². The van der Waals surface area contributed by atoms with Crippen LogP contribution in [-0.2, 0) is 15.1 Å². The molecule has 2 aliphatic rings. The third-order valence-electron chi connectivity index (χ3n) is 6.33. The minimum absolute atomic E-state index is 0.260. The van der Waals surface area contributed by atoms with Gasteiger partial charge in [0.15, 0.2) is 5.60 Å². The van der Waals surface area contributed by atoms with Crippen LogP contribution in [0.25, 0.3) is 0 Å². The monoisotopic (exact) mass is 443 g/mol. The van der Waals surface area contributed by atoms with Crippen LogP contribution in [-0.4, -0.2) is 31.6 Å². The summed E-state index contributed by atoms with van der Waals surface area (Å²) in [5, 5.41) is 0. The summed E-state index contributed by atoms with van der Waals surface area (Å²) in [4.78, 5) is 28.3. The third-order valence-corrected chi connectivity index (χ3v) is 6.33. The molecule has 168 valence electrons. The fourth-order valence-corrected chi connectivity index (χ4v) is 4.94. The maximum absolute atomic E-state index is 13.1. The Morgan fingerprint density at radius 1 is 0.909 bits per heavy atom. The number of benzene rings is 3. The second-order valence-corrected chi connectivity index (χ2v) is 7.94. The molecule has 6 heteroatoms. The van der Waals surface area contributed by atoms with Crippen molar-refractivity contribution in [1.29, 1.82) is 0 Å². The predicted octanol–water partition coefficient (Wildman–Crippen LogP) is 5.28. The summed E-state index contributed by atoms with van der Waals surface area (Å²) in [6.07, 6.45) is 0. The van der Waals surface area contributed by atoms with Crippen LogP contribution in [0, 0.1) is 0 Å². The Balaban J connectivity index is 1.92. The van der Waals surface area contributed by atoms with Gasteiger partial charge in [-0.1, -0.05) is 36.4 Å². The topological polar surface area (TPSA) is 65.1 Å². The normalized spacial score (nSPS) is 17.5. The van der Waals surface area contributed by atoms with Crippen LogP contribution in [0.1, 0.15) is 58.2 Å². The highest BCUT2D eigenvalue weighted by atomic mass is 16.6. The van der Waals surface area contributed by atoms with Gasteiger partial charge >= 0.3 is 11.9 Å². The van der Waals surface area contributed by atoms with Crippen molar-refractivity contribution in [2.45, 2.75) is 26.4 Å². The van der Waals surface area contributed by atoms with Gasteiger partial charge in [0.2, 0.25) is 0 Å². The Hall–Kier alpha value is -3.80. The molecule has 0 N–H and O–H groups in total. The summed E-state index contributed by atoms with van der Waals surface area (Å²) >= 11 is 0. The van der Waals surface area contributed by atoms with E-state index in [1.54, 1.807) is 25.1 Å². The van der Waals surface area contributed by atoms with Crippen molar-refractivity contribution in [2.24, 2.45) is 0 Å². The fourth-order valence-electron chi connectivity index (χ4n) is 4.94. The predicted molar refractivity (Wildman–Crippen MR) is 124 cm³/mol. The number of para-hydroxylation sites is 1. The lowest BCUT2D eigenvalue weighted by Crippen LogP contribution is -2.37. The molecule has 5 rings (SSSR count). The van der Waals surface area contributed by atoms with E-state index in [0.717, 1.165) is 11.1 Å². The quantitative estimate of drug-likeness (QED) is 0.500. The third kappa shape index (κ3) is 2.94. The molecule has 1 atom stereocenters. The average molecular weight is 443 g/mol. The number of esters is 2. The number of anilines is 1. The Kier molecular flexibility index (Phi) is 5.08. The molecule has 3 aromatic rings. The maximum Gasteiger partial charge on any atom is 0.340 e. The highest BCUT2D eigenvalue weighted by molar-refractivity contribution is 6.01. The van der Waals surface area contributed by atoms with Crippen molar-refractivity contribution in [3.05, 3.63) is 88.5 Å². The number of carbonyl (C=O) groups is 2. The van der Waals surface area contributed by atoms with Crippen molar-refractivity contribution < 1.29 is 23.8 Å². The van der Waals surface area contributed by atoms with Crippen LogP contribution in [0.4, 0.5) is 5.69 Å². The molecule has 0 aliphatic carbocycles. The van der Waals surface area contributed by atoms with E-state index in [-0.39, 0.29) is 6.61 Å². The zero-order chi connectivity index (χ0) is 23.2. The summed E-state index contributed by atoms with van der Waals surface area (Å²) in [6.45, 7) is 7.38. The number of hydrogen-bond donors (Lipinski definition) is 0. The highest BCUT2D eigenvalue weighted by Crippen LogP contribution is 2.59. The summed E-state index contributed by atoms with van der Waals surface area (Å²) in [5.74, 6) is 0.339. The molecule has 1 unspecified atom stereocenters. The molecule has 33 heavy (non-hydrogen) atoms. The van der Waals surface area contributed by atoms with Crippen molar-refractivity contribution in [3.63, 3.8) is 0 Å². The zero-order valence-electron chi connectivity index (χ0n) is 18.9. The molecule has 0 bridgehead atoms. The summed E-state index contributed by atoms with van der Waals surface area (Å²) in [7, 11) is 0. The number of ether oxygens (including phenoxy) is 3. The first-order valence-corrected chi connectivity index (χ1v) is 11.3. The molecular weight excluding hydrogens is 418 g/mol. The van der Waals surface area contributed by atoms with Crippen LogP contribution in [0.15, 0.2) is 60.7 Å². The van der Waals surface area contributed by atoms with Crippen molar-refractivity contribution in [1.82, 2.24) is 0 Å². The number of rotatable bonds is 5. The fraction of sp³-hybridized carbons (Fsp3) is 0.259. The van der Waals surface area contributed by atoms with E-state index >= 15 is 0 Å². The molecule has 2 heterocycles. The lowest BCUT2D eigenvalue weighted by molar-refractivity contribution is 0.0226. The Morgan fingerprint density at radius 2 is 1.61 bits per heavy atom.